The van der Waals surface area contributed by atoms with Crippen molar-refractivity contribution in [2.45, 2.75) is 13.2 Å². The fourth-order valence-electron chi connectivity index (χ4n) is 2.39. The van der Waals surface area contributed by atoms with E-state index < -0.39 is 12.5 Å². The second-order valence-corrected chi connectivity index (χ2v) is 6.15. The van der Waals surface area contributed by atoms with Gasteiger partial charge in [-0.2, -0.15) is 13.9 Å². The summed E-state index contributed by atoms with van der Waals surface area (Å²) < 4.78 is 32.0. The first-order valence-electron chi connectivity index (χ1n) is 7.65. The Hall–Kier alpha value is -2.74. The highest BCUT2D eigenvalue weighted by Gasteiger charge is 2.17. The molecule has 0 aliphatic carbocycles. The Labute approximate surface area is 156 Å². The van der Waals surface area contributed by atoms with Crippen molar-refractivity contribution < 1.29 is 18.3 Å². The number of amides is 1. The molecule has 1 amide bonds. The van der Waals surface area contributed by atoms with E-state index in [1.165, 1.54) is 18.2 Å². The Morgan fingerprint density at radius 2 is 1.88 bits per heavy atom. The van der Waals surface area contributed by atoms with E-state index in [-0.39, 0.29) is 11.3 Å². The Bertz CT molecular complexity index is 915. The molecule has 8 heteroatoms. The maximum atomic E-state index is 12.5. The number of ether oxygens (including phenoxy) is 1. The van der Waals surface area contributed by atoms with Gasteiger partial charge in [0, 0.05) is 10.5 Å². The Kier molecular flexibility index (Phi) is 5.62. The number of para-hydroxylation sites is 1. The van der Waals surface area contributed by atoms with Crippen LogP contribution in [0.25, 0.3) is 0 Å². The van der Waals surface area contributed by atoms with Crippen LogP contribution in [0.5, 0.6) is 5.75 Å². The molecule has 2 aromatic carbocycles. The number of alkyl halides is 2. The summed E-state index contributed by atoms with van der Waals surface area (Å²) in [5, 5.41) is 6.88. The van der Waals surface area contributed by atoms with Crippen LogP contribution in [0.2, 0.25) is 0 Å². The number of anilines is 1. The lowest BCUT2D eigenvalue weighted by Crippen LogP contribution is -2.18. The number of nitrogens with one attached hydrogen (secondary N) is 1. The third-order valence-electron chi connectivity index (χ3n) is 3.58. The SMILES string of the molecule is O=C(Nc1ccnn1Cc1ccccc1Br)c1ccccc1OC(F)F. The van der Waals surface area contributed by atoms with Crippen LogP contribution in [-0.2, 0) is 6.54 Å². The van der Waals surface area contributed by atoms with E-state index in [0.29, 0.717) is 12.4 Å². The summed E-state index contributed by atoms with van der Waals surface area (Å²) in [5.41, 5.74) is 0.995. The molecule has 0 saturated heterocycles. The zero-order valence-corrected chi connectivity index (χ0v) is 15.0. The van der Waals surface area contributed by atoms with Crippen LogP contribution in [0.15, 0.2) is 65.3 Å². The fourth-order valence-corrected chi connectivity index (χ4v) is 2.80. The van der Waals surface area contributed by atoms with E-state index in [9.17, 15) is 13.6 Å². The van der Waals surface area contributed by atoms with Gasteiger partial charge >= 0.3 is 6.61 Å². The van der Waals surface area contributed by atoms with Crippen LogP contribution < -0.4 is 10.1 Å². The molecule has 1 N–H and O–H groups in total. The van der Waals surface area contributed by atoms with Gasteiger partial charge in [-0.1, -0.05) is 46.3 Å². The molecule has 0 radical (unpaired) electrons. The highest BCUT2D eigenvalue weighted by molar-refractivity contribution is 9.10. The average molecular weight is 422 g/mol. The third kappa shape index (κ3) is 4.26. The molecule has 0 spiro atoms. The van der Waals surface area contributed by atoms with Crippen LogP contribution in [0.3, 0.4) is 0 Å². The van der Waals surface area contributed by atoms with Crippen molar-refractivity contribution in [1.82, 2.24) is 9.78 Å². The minimum atomic E-state index is -3.01. The largest absolute Gasteiger partial charge is 0.434 e. The molecule has 0 atom stereocenters. The lowest BCUT2D eigenvalue weighted by molar-refractivity contribution is -0.0501. The molecule has 0 unspecified atom stereocenters. The molecule has 26 heavy (non-hydrogen) atoms. The van der Waals surface area contributed by atoms with Gasteiger partial charge < -0.3 is 10.1 Å². The molecule has 0 fully saturated rings. The van der Waals surface area contributed by atoms with Gasteiger partial charge in [0.05, 0.1) is 18.3 Å². The van der Waals surface area contributed by atoms with Gasteiger partial charge in [-0.05, 0) is 23.8 Å². The van der Waals surface area contributed by atoms with Crippen molar-refractivity contribution in [3.8, 4) is 5.75 Å². The summed E-state index contributed by atoms with van der Waals surface area (Å²) in [6.07, 6.45) is 1.55. The van der Waals surface area contributed by atoms with Crippen LogP contribution in [0.1, 0.15) is 15.9 Å². The van der Waals surface area contributed by atoms with E-state index in [4.69, 9.17) is 0 Å². The number of nitrogens with zero attached hydrogens (tertiary/aromatic N) is 2. The molecule has 1 heterocycles. The Balaban J connectivity index is 1.80. The quantitative estimate of drug-likeness (QED) is 0.635. The molecule has 3 aromatic rings. The molecular weight excluding hydrogens is 408 g/mol. The van der Waals surface area contributed by atoms with E-state index in [2.05, 4.69) is 31.1 Å². The maximum Gasteiger partial charge on any atom is 0.387 e. The number of hydrogen-bond acceptors (Lipinski definition) is 3. The zero-order chi connectivity index (χ0) is 18.5. The smallest absolute Gasteiger partial charge is 0.387 e. The van der Waals surface area contributed by atoms with Gasteiger partial charge in [0.2, 0.25) is 0 Å². The topological polar surface area (TPSA) is 56.2 Å². The molecule has 134 valence electrons. The predicted molar refractivity (Wildman–Crippen MR) is 96.5 cm³/mol. The van der Waals surface area contributed by atoms with Gasteiger partial charge in [-0.25, -0.2) is 4.68 Å². The highest BCUT2D eigenvalue weighted by Crippen LogP contribution is 2.23. The van der Waals surface area contributed by atoms with E-state index >= 15 is 0 Å². The van der Waals surface area contributed by atoms with Crippen LogP contribution in [-0.4, -0.2) is 22.3 Å². The van der Waals surface area contributed by atoms with Crippen LogP contribution >= 0.6 is 15.9 Å². The van der Waals surface area contributed by atoms with Crippen molar-refractivity contribution in [2.75, 3.05) is 5.32 Å². The van der Waals surface area contributed by atoms with Gasteiger partial charge in [0.25, 0.3) is 5.91 Å². The van der Waals surface area contributed by atoms with E-state index in [1.807, 2.05) is 24.3 Å². The second-order valence-electron chi connectivity index (χ2n) is 5.29. The summed E-state index contributed by atoms with van der Waals surface area (Å²) >= 11 is 3.47. The normalized spacial score (nSPS) is 10.8. The number of hydrogen-bond donors (Lipinski definition) is 1. The summed E-state index contributed by atoms with van der Waals surface area (Å²) in [6.45, 7) is -2.58. The number of rotatable bonds is 6. The number of carbonyl (C=O) groups excluding carboxylic acids is 1. The number of halogens is 3. The number of carbonyl (C=O) groups is 1. The first-order chi connectivity index (χ1) is 12.5. The zero-order valence-electron chi connectivity index (χ0n) is 13.4. The molecular formula is C18H14BrF2N3O2. The molecule has 5 nitrogen and oxygen atoms in total. The summed E-state index contributed by atoms with van der Waals surface area (Å²) in [6, 6.07) is 15.1. The molecule has 3 rings (SSSR count). The fraction of sp³-hybridized carbons (Fsp3) is 0.111. The van der Waals surface area contributed by atoms with Crippen molar-refractivity contribution in [2.24, 2.45) is 0 Å². The van der Waals surface area contributed by atoms with Crippen LogP contribution in [0.4, 0.5) is 14.6 Å². The second kappa shape index (κ2) is 8.09. The van der Waals surface area contributed by atoms with Crippen LogP contribution in [0, 0.1) is 0 Å². The predicted octanol–water partition coefficient (Wildman–Crippen LogP) is 4.55. The first-order valence-corrected chi connectivity index (χ1v) is 8.44. The Morgan fingerprint density at radius 3 is 2.65 bits per heavy atom. The van der Waals surface area contributed by atoms with Gasteiger partial charge in [0.15, 0.2) is 0 Å². The molecule has 0 bridgehead atoms. The van der Waals surface area contributed by atoms with Gasteiger partial charge in [-0.15, -0.1) is 0 Å². The monoisotopic (exact) mass is 421 g/mol. The van der Waals surface area contributed by atoms with Crippen molar-refractivity contribution >= 4 is 27.7 Å². The summed E-state index contributed by atoms with van der Waals surface area (Å²) in [4.78, 5) is 12.5. The van der Waals surface area contributed by atoms with Gasteiger partial charge in [0.1, 0.15) is 11.6 Å². The minimum Gasteiger partial charge on any atom is -0.434 e. The van der Waals surface area contributed by atoms with Crippen molar-refractivity contribution in [1.29, 1.82) is 0 Å². The Morgan fingerprint density at radius 1 is 1.15 bits per heavy atom. The lowest BCUT2D eigenvalue weighted by Gasteiger charge is -2.12. The average Bonchev–Trinajstić information content (AvgIpc) is 3.03. The molecule has 0 saturated carbocycles. The summed E-state index contributed by atoms with van der Waals surface area (Å²) in [7, 11) is 0. The molecule has 0 aliphatic heterocycles. The highest BCUT2D eigenvalue weighted by atomic mass is 79.9. The van der Waals surface area contributed by atoms with Crippen molar-refractivity contribution in [3.05, 3.63) is 76.4 Å². The lowest BCUT2D eigenvalue weighted by atomic mass is 10.2. The minimum absolute atomic E-state index is 0.0152. The number of benzene rings is 2. The third-order valence-corrected chi connectivity index (χ3v) is 4.36. The molecule has 0 aliphatic rings. The maximum absolute atomic E-state index is 12.5. The van der Waals surface area contributed by atoms with E-state index in [0.717, 1.165) is 10.0 Å². The first kappa shape index (κ1) is 18.1. The number of aromatic nitrogens is 2. The van der Waals surface area contributed by atoms with Gasteiger partial charge in [-0.3, -0.25) is 4.79 Å². The van der Waals surface area contributed by atoms with E-state index in [1.54, 1.807) is 23.0 Å². The van der Waals surface area contributed by atoms with Crippen molar-refractivity contribution in [3.63, 3.8) is 0 Å². The standard InChI is InChI=1S/C18H14BrF2N3O2/c19-14-7-3-1-5-12(14)11-24-16(9-10-22-24)23-17(25)13-6-2-4-8-15(13)26-18(20)21/h1-10,18H,11H2,(H,23,25). The molecule has 1 aromatic heterocycles. The summed E-state index contributed by atoms with van der Waals surface area (Å²) in [5.74, 6) is -0.301.